The molecule has 3 unspecified atom stereocenters. The van der Waals surface area contributed by atoms with Crippen LogP contribution in [0.5, 0.6) is 0 Å². The summed E-state index contributed by atoms with van der Waals surface area (Å²) < 4.78 is 4.82. The van der Waals surface area contributed by atoms with Crippen molar-refractivity contribution in [3.05, 3.63) is 28.2 Å². The highest BCUT2D eigenvalue weighted by Crippen LogP contribution is 2.41. The summed E-state index contributed by atoms with van der Waals surface area (Å²) in [4.78, 5) is 24.4. The lowest BCUT2D eigenvalue weighted by Crippen LogP contribution is -2.75. The Bertz CT molecular complexity index is 846. The number of ether oxygens (including phenoxy) is 1. The second-order valence-corrected chi connectivity index (χ2v) is 10.5. The van der Waals surface area contributed by atoms with Crippen LogP contribution in [-0.4, -0.2) is 44.2 Å². The second-order valence-electron chi connectivity index (χ2n) is 9.64. The van der Waals surface area contributed by atoms with Crippen LogP contribution < -0.4 is 26.6 Å². The van der Waals surface area contributed by atoms with E-state index in [2.05, 4.69) is 33.5 Å². The van der Waals surface area contributed by atoms with E-state index < -0.39 is 6.29 Å². The lowest BCUT2D eigenvalue weighted by atomic mass is 9.68. The monoisotopic (exact) mass is 527 g/mol. The third-order valence-corrected chi connectivity index (χ3v) is 8.07. The van der Waals surface area contributed by atoms with Crippen LogP contribution in [-0.2, 0) is 9.53 Å². The van der Waals surface area contributed by atoms with Crippen LogP contribution in [0.1, 0.15) is 71.1 Å². The first kappa shape index (κ1) is 28.0. The minimum Gasteiger partial charge on any atom is -0.469 e. The minimum absolute atomic E-state index is 0.0359. The summed E-state index contributed by atoms with van der Waals surface area (Å²) in [5, 5.41) is 17.3. The molecule has 1 heterocycles. The molecule has 196 valence electrons. The fraction of sp³-hybridized carbons (Fsp3) is 0.680. The topological polar surface area (TPSA) is 104 Å². The van der Waals surface area contributed by atoms with Crippen LogP contribution in [0, 0.1) is 5.41 Å². The maximum absolute atomic E-state index is 12.7. The summed E-state index contributed by atoms with van der Waals surface area (Å²) in [5.41, 5.74) is 0.517. The Morgan fingerprint density at radius 1 is 1.03 bits per heavy atom. The molecule has 0 bridgehead atoms. The van der Waals surface area contributed by atoms with E-state index in [1.54, 1.807) is 18.2 Å². The number of hydrogen-bond donors (Lipinski definition) is 5. The van der Waals surface area contributed by atoms with Gasteiger partial charge in [-0.25, -0.2) is 4.79 Å². The number of rotatable bonds is 6. The number of carbonyl (C=O) groups excluding carboxylic acids is 2. The number of amides is 2. The smallest absolute Gasteiger partial charge is 0.321 e. The van der Waals surface area contributed by atoms with E-state index in [1.165, 1.54) is 52.1 Å². The van der Waals surface area contributed by atoms with E-state index in [9.17, 15) is 9.59 Å². The van der Waals surface area contributed by atoms with E-state index in [-0.39, 0.29) is 29.6 Å². The quantitative estimate of drug-likeness (QED) is 0.334. The lowest BCUT2D eigenvalue weighted by molar-refractivity contribution is -0.140. The maximum Gasteiger partial charge on any atom is 0.321 e. The SMILES string of the molecule is COC(=O)CCNC1NC(NC(=O)Nc2ccc(Cl)c(Cl)c2)NC(C)C12CCCCCCCCC2. The number of benzene rings is 1. The largest absolute Gasteiger partial charge is 0.469 e. The molecular weight excluding hydrogens is 489 g/mol. The molecule has 3 atom stereocenters. The van der Waals surface area contributed by atoms with E-state index in [0.717, 1.165) is 12.8 Å². The molecule has 3 rings (SSSR count). The number of anilines is 1. The Hall–Kier alpha value is -1.58. The zero-order valence-corrected chi connectivity index (χ0v) is 22.2. The lowest BCUT2D eigenvalue weighted by Gasteiger charge is -2.53. The highest BCUT2D eigenvalue weighted by Gasteiger charge is 2.47. The Balaban J connectivity index is 1.70. The number of carbonyl (C=O) groups is 2. The predicted octanol–water partition coefficient (Wildman–Crippen LogP) is 4.97. The van der Waals surface area contributed by atoms with Gasteiger partial charge in [-0.05, 0) is 38.0 Å². The van der Waals surface area contributed by atoms with Crippen molar-refractivity contribution in [1.82, 2.24) is 21.3 Å². The Labute approximate surface area is 218 Å². The molecule has 5 N–H and O–H groups in total. The minimum atomic E-state index is -0.454. The van der Waals surface area contributed by atoms with Crippen LogP contribution in [0.4, 0.5) is 10.5 Å². The molecule has 0 radical (unpaired) electrons. The number of esters is 1. The number of methoxy groups -OCH3 is 1. The van der Waals surface area contributed by atoms with Crippen molar-refractivity contribution in [2.24, 2.45) is 5.41 Å². The molecule has 8 nitrogen and oxygen atoms in total. The molecule has 35 heavy (non-hydrogen) atoms. The third-order valence-electron chi connectivity index (χ3n) is 7.33. The zero-order valence-electron chi connectivity index (χ0n) is 20.7. The maximum atomic E-state index is 12.7. The van der Waals surface area contributed by atoms with Crippen molar-refractivity contribution in [1.29, 1.82) is 0 Å². The normalized spacial score (nSPS) is 25.0. The molecule has 1 spiro atoms. The molecule has 2 fully saturated rings. The van der Waals surface area contributed by atoms with Gasteiger partial charge in [-0.1, -0.05) is 68.1 Å². The average Bonchev–Trinajstić information content (AvgIpc) is 2.83. The van der Waals surface area contributed by atoms with Gasteiger partial charge in [-0.3, -0.25) is 15.4 Å². The third kappa shape index (κ3) is 7.95. The van der Waals surface area contributed by atoms with E-state index >= 15 is 0 Å². The van der Waals surface area contributed by atoms with E-state index in [4.69, 9.17) is 27.9 Å². The van der Waals surface area contributed by atoms with Gasteiger partial charge >= 0.3 is 12.0 Å². The molecule has 1 saturated heterocycles. The highest BCUT2D eigenvalue weighted by molar-refractivity contribution is 6.42. The Kier molecular flexibility index (Phi) is 10.9. The molecule has 1 saturated carbocycles. The van der Waals surface area contributed by atoms with Gasteiger partial charge in [0.1, 0.15) is 6.29 Å². The summed E-state index contributed by atoms with van der Waals surface area (Å²) in [6.07, 6.45) is 10.6. The van der Waals surface area contributed by atoms with Crippen molar-refractivity contribution in [3.63, 3.8) is 0 Å². The summed E-state index contributed by atoms with van der Waals surface area (Å²) in [6, 6.07) is 4.73. The first-order chi connectivity index (χ1) is 16.8. The van der Waals surface area contributed by atoms with Gasteiger partial charge in [0.25, 0.3) is 0 Å². The summed E-state index contributed by atoms with van der Waals surface area (Å²) in [5.74, 6) is -0.241. The molecule has 0 aromatic heterocycles. The van der Waals surface area contributed by atoms with E-state index in [0.29, 0.717) is 28.7 Å². The molecule has 1 aromatic rings. The first-order valence-electron chi connectivity index (χ1n) is 12.7. The molecule has 10 heteroatoms. The van der Waals surface area contributed by atoms with E-state index in [1.807, 2.05) is 0 Å². The number of urea groups is 1. The summed E-state index contributed by atoms with van der Waals surface area (Å²) >= 11 is 12.0. The summed E-state index contributed by atoms with van der Waals surface area (Å²) in [7, 11) is 1.41. The molecular formula is C25H39Cl2N5O3. The number of hydrogen-bond acceptors (Lipinski definition) is 6. The molecule has 2 aliphatic rings. The first-order valence-corrected chi connectivity index (χ1v) is 13.4. The fourth-order valence-corrected chi connectivity index (χ4v) is 5.62. The number of halogens is 2. The average molecular weight is 529 g/mol. The van der Waals surface area contributed by atoms with Crippen LogP contribution in [0.15, 0.2) is 18.2 Å². The van der Waals surface area contributed by atoms with Gasteiger partial charge in [-0.2, -0.15) is 0 Å². The van der Waals surface area contributed by atoms with Gasteiger partial charge in [0.05, 0.1) is 29.7 Å². The van der Waals surface area contributed by atoms with Gasteiger partial charge in [0, 0.05) is 23.7 Å². The van der Waals surface area contributed by atoms with Crippen molar-refractivity contribution in [2.45, 2.75) is 89.6 Å². The van der Waals surface area contributed by atoms with Gasteiger partial charge in [0.2, 0.25) is 0 Å². The van der Waals surface area contributed by atoms with Crippen LogP contribution >= 0.6 is 23.2 Å². The van der Waals surface area contributed by atoms with Crippen LogP contribution in [0.25, 0.3) is 0 Å². The van der Waals surface area contributed by atoms with Crippen molar-refractivity contribution < 1.29 is 14.3 Å². The Morgan fingerprint density at radius 2 is 1.69 bits per heavy atom. The van der Waals surface area contributed by atoms with Gasteiger partial charge in [-0.15, -0.1) is 0 Å². The standard InChI is InChI=1S/C25H39Cl2N5O3/c1-17-25(13-8-6-4-3-5-7-9-14-25)22(28-15-12-21(33)35-2)31-23(29-17)32-24(34)30-18-10-11-19(26)20(27)16-18/h10-11,16-17,22-23,28-29,31H,3-9,12-15H2,1-2H3,(H2,30,32,34). The second kappa shape index (κ2) is 13.7. The highest BCUT2D eigenvalue weighted by atomic mass is 35.5. The van der Waals surface area contributed by atoms with Crippen molar-refractivity contribution in [2.75, 3.05) is 19.0 Å². The van der Waals surface area contributed by atoms with Crippen molar-refractivity contribution >= 4 is 40.9 Å². The zero-order chi connectivity index (χ0) is 25.3. The molecule has 1 aliphatic heterocycles. The molecule has 1 aromatic carbocycles. The number of nitrogens with one attached hydrogen (secondary N) is 5. The van der Waals surface area contributed by atoms with Crippen LogP contribution in [0.3, 0.4) is 0 Å². The molecule has 2 amide bonds. The Morgan fingerprint density at radius 3 is 2.31 bits per heavy atom. The predicted molar refractivity (Wildman–Crippen MR) is 141 cm³/mol. The van der Waals surface area contributed by atoms with Gasteiger partial charge in [0.15, 0.2) is 0 Å². The van der Waals surface area contributed by atoms with Gasteiger partial charge < -0.3 is 20.7 Å². The fourth-order valence-electron chi connectivity index (χ4n) is 5.32. The molecule has 1 aliphatic carbocycles. The summed E-state index contributed by atoms with van der Waals surface area (Å²) in [6.45, 7) is 2.70. The van der Waals surface area contributed by atoms with Crippen molar-refractivity contribution in [3.8, 4) is 0 Å². The van der Waals surface area contributed by atoms with Crippen LogP contribution in [0.2, 0.25) is 10.0 Å².